The van der Waals surface area contributed by atoms with E-state index in [1.807, 2.05) is 4.72 Å². The normalized spacial score (nSPS) is 30.7. The number of carbonyl (C=O) groups is 4. The minimum Gasteiger partial charge on any atom is -0.453 e. The number of nitrogens with zero attached hydrogens (tertiary/aromatic N) is 1. The Kier molecular flexibility index (Phi) is 7.20. The Morgan fingerprint density at radius 2 is 1.83 bits per heavy atom. The summed E-state index contributed by atoms with van der Waals surface area (Å²) in [7, 11) is -2.83. The quantitative estimate of drug-likeness (QED) is 0.232. The van der Waals surface area contributed by atoms with E-state index in [9.17, 15) is 37.8 Å². The van der Waals surface area contributed by atoms with Crippen LogP contribution >= 0.6 is 0 Å². The van der Waals surface area contributed by atoms with Crippen LogP contribution in [0.4, 0.5) is 4.79 Å². The van der Waals surface area contributed by atoms with E-state index in [1.165, 1.54) is 0 Å². The van der Waals surface area contributed by atoms with Crippen LogP contribution in [-0.2, 0) is 29.1 Å². The SMILES string of the molecule is C=CC1(O)C[C@]1(NC(=O)[C@@H]1C[C@@H](O)CN1C(=O)[C@@H](NC(=O)OC)C(C)(C)C)C(=O)NS(=O)(=O)C1CC1. The van der Waals surface area contributed by atoms with Crippen molar-refractivity contribution in [2.24, 2.45) is 5.41 Å². The molecule has 0 spiro atoms. The van der Waals surface area contributed by atoms with Crippen LogP contribution in [0.2, 0.25) is 0 Å². The van der Waals surface area contributed by atoms with Gasteiger partial charge < -0.3 is 30.5 Å². The second-order valence-electron chi connectivity index (χ2n) is 10.7. The van der Waals surface area contributed by atoms with Gasteiger partial charge in [0.1, 0.15) is 17.7 Å². The van der Waals surface area contributed by atoms with Crippen LogP contribution in [0.3, 0.4) is 0 Å². The summed E-state index contributed by atoms with van der Waals surface area (Å²) in [6, 6.07) is -2.37. The molecule has 36 heavy (non-hydrogen) atoms. The number of alkyl carbamates (subject to hydrolysis) is 1. The van der Waals surface area contributed by atoms with Crippen LogP contribution < -0.4 is 15.4 Å². The van der Waals surface area contributed by atoms with E-state index in [4.69, 9.17) is 0 Å². The number of sulfonamides is 1. The predicted octanol–water partition coefficient (Wildman–Crippen LogP) is -1.50. The molecule has 1 saturated heterocycles. The Hall–Kier alpha value is -2.71. The first-order chi connectivity index (χ1) is 16.5. The maximum Gasteiger partial charge on any atom is 0.407 e. The molecule has 0 aromatic heterocycles. The molecule has 3 aliphatic rings. The lowest BCUT2D eigenvalue weighted by Crippen LogP contribution is -2.61. The van der Waals surface area contributed by atoms with E-state index in [1.54, 1.807) is 20.8 Å². The van der Waals surface area contributed by atoms with Crippen molar-refractivity contribution in [2.45, 2.75) is 81.0 Å². The lowest BCUT2D eigenvalue weighted by atomic mass is 9.85. The fourth-order valence-electron chi connectivity index (χ4n) is 4.36. The average molecular weight is 531 g/mol. The van der Waals surface area contributed by atoms with Crippen LogP contribution in [0.25, 0.3) is 0 Å². The van der Waals surface area contributed by atoms with E-state index in [2.05, 4.69) is 21.9 Å². The van der Waals surface area contributed by atoms with Crippen LogP contribution in [0.1, 0.15) is 46.5 Å². The molecule has 202 valence electrons. The van der Waals surface area contributed by atoms with Gasteiger partial charge in [0.05, 0.1) is 18.5 Å². The van der Waals surface area contributed by atoms with Crippen molar-refractivity contribution in [3.05, 3.63) is 12.7 Å². The third kappa shape index (κ3) is 5.20. The van der Waals surface area contributed by atoms with E-state index >= 15 is 0 Å². The van der Waals surface area contributed by atoms with Crippen molar-refractivity contribution in [1.29, 1.82) is 0 Å². The summed E-state index contributed by atoms with van der Waals surface area (Å²) < 4.78 is 31.1. The molecule has 1 heterocycles. The van der Waals surface area contributed by atoms with Gasteiger partial charge in [-0.15, -0.1) is 6.58 Å². The second kappa shape index (κ2) is 9.30. The summed E-state index contributed by atoms with van der Waals surface area (Å²) in [6.07, 6.45) is -0.570. The zero-order chi connectivity index (χ0) is 27.3. The highest BCUT2D eigenvalue weighted by Crippen LogP contribution is 2.49. The highest BCUT2D eigenvalue weighted by molar-refractivity contribution is 7.91. The third-order valence-electron chi connectivity index (χ3n) is 6.83. The number of aliphatic hydroxyl groups excluding tert-OH is 1. The largest absolute Gasteiger partial charge is 0.453 e. The van der Waals surface area contributed by atoms with Crippen molar-refractivity contribution in [3.63, 3.8) is 0 Å². The monoisotopic (exact) mass is 530 g/mol. The van der Waals surface area contributed by atoms with Crippen molar-refractivity contribution in [1.82, 2.24) is 20.3 Å². The summed E-state index contributed by atoms with van der Waals surface area (Å²) in [6.45, 7) is 8.35. The number of nitrogens with one attached hydrogen (secondary N) is 3. The van der Waals surface area contributed by atoms with Gasteiger partial charge in [0.15, 0.2) is 5.54 Å². The minimum absolute atomic E-state index is 0.169. The molecule has 5 N–H and O–H groups in total. The van der Waals surface area contributed by atoms with Gasteiger partial charge in [0.2, 0.25) is 21.8 Å². The summed E-state index contributed by atoms with van der Waals surface area (Å²) in [5.74, 6) is -2.64. The van der Waals surface area contributed by atoms with Gasteiger partial charge in [0.25, 0.3) is 5.91 Å². The number of ether oxygens (including phenoxy) is 1. The predicted molar refractivity (Wildman–Crippen MR) is 126 cm³/mol. The Balaban J connectivity index is 1.83. The molecule has 2 saturated carbocycles. The van der Waals surface area contributed by atoms with Crippen molar-refractivity contribution < 1.29 is 42.5 Å². The van der Waals surface area contributed by atoms with Gasteiger partial charge in [0, 0.05) is 19.4 Å². The molecule has 0 bridgehead atoms. The van der Waals surface area contributed by atoms with E-state index in [-0.39, 0.29) is 19.4 Å². The smallest absolute Gasteiger partial charge is 0.407 e. The van der Waals surface area contributed by atoms with Crippen LogP contribution in [0, 0.1) is 5.41 Å². The molecule has 5 atom stereocenters. The maximum atomic E-state index is 13.4. The van der Waals surface area contributed by atoms with E-state index in [0.717, 1.165) is 18.1 Å². The van der Waals surface area contributed by atoms with Gasteiger partial charge >= 0.3 is 6.09 Å². The molecule has 1 aliphatic heterocycles. The summed E-state index contributed by atoms with van der Waals surface area (Å²) in [4.78, 5) is 52.6. The zero-order valence-electron chi connectivity index (χ0n) is 20.7. The molecule has 0 aromatic rings. The third-order valence-corrected chi connectivity index (χ3v) is 8.65. The van der Waals surface area contributed by atoms with E-state index in [0.29, 0.717) is 12.8 Å². The Bertz CT molecular complexity index is 1070. The number of methoxy groups -OCH3 is 1. The number of hydrogen-bond donors (Lipinski definition) is 5. The Morgan fingerprint density at radius 1 is 1.22 bits per heavy atom. The van der Waals surface area contributed by atoms with Gasteiger partial charge in [-0.1, -0.05) is 26.8 Å². The summed E-state index contributed by atoms with van der Waals surface area (Å²) in [5, 5.41) is 25.1. The molecule has 2 aliphatic carbocycles. The zero-order valence-corrected chi connectivity index (χ0v) is 21.6. The summed E-state index contributed by atoms with van der Waals surface area (Å²) in [5.41, 5.74) is -4.71. The van der Waals surface area contributed by atoms with Crippen LogP contribution in [0.15, 0.2) is 12.7 Å². The van der Waals surface area contributed by atoms with Crippen molar-refractivity contribution in [2.75, 3.05) is 13.7 Å². The lowest BCUT2D eigenvalue weighted by molar-refractivity contribution is -0.143. The molecule has 3 fully saturated rings. The Morgan fingerprint density at radius 3 is 2.31 bits per heavy atom. The first-order valence-corrected chi connectivity index (χ1v) is 13.1. The molecule has 1 unspecified atom stereocenters. The topological polar surface area (TPSA) is 191 Å². The van der Waals surface area contributed by atoms with Crippen molar-refractivity contribution in [3.8, 4) is 0 Å². The lowest BCUT2D eigenvalue weighted by Gasteiger charge is -2.35. The highest BCUT2D eigenvalue weighted by Gasteiger charge is 2.72. The number of carbonyl (C=O) groups excluding carboxylic acids is 4. The van der Waals surface area contributed by atoms with Gasteiger partial charge in [-0.2, -0.15) is 0 Å². The fraction of sp³-hybridized carbons (Fsp3) is 0.727. The van der Waals surface area contributed by atoms with Crippen molar-refractivity contribution >= 4 is 33.8 Å². The average Bonchev–Trinajstić information content (AvgIpc) is 3.68. The number of amides is 4. The minimum atomic E-state index is -3.97. The molecule has 3 rings (SSSR count). The van der Waals surface area contributed by atoms with Crippen LogP contribution in [0.5, 0.6) is 0 Å². The molecular weight excluding hydrogens is 496 g/mol. The molecule has 0 aromatic carbocycles. The fourth-order valence-corrected chi connectivity index (χ4v) is 5.72. The number of aliphatic hydroxyl groups is 2. The van der Waals surface area contributed by atoms with Gasteiger partial charge in [-0.05, 0) is 18.3 Å². The number of rotatable bonds is 8. The maximum absolute atomic E-state index is 13.4. The highest BCUT2D eigenvalue weighted by atomic mass is 32.2. The number of β-amino-alcohol motifs (C(OH)–C–C–N with tert-alkyl or cyclic N) is 1. The van der Waals surface area contributed by atoms with E-state index < -0.39 is 73.8 Å². The van der Waals surface area contributed by atoms with Gasteiger partial charge in [-0.3, -0.25) is 19.1 Å². The molecule has 14 heteroatoms. The number of likely N-dealkylation sites (tertiary alicyclic amines) is 1. The Labute approximate surface area is 209 Å². The molecule has 13 nitrogen and oxygen atoms in total. The first kappa shape index (κ1) is 27.9. The summed E-state index contributed by atoms with van der Waals surface area (Å²) >= 11 is 0. The first-order valence-electron chi connectivity index (χ1n) is 11.6. The second-order valence-corrected chi connectivity index (χ2v) is 12.7. The molecular formula is C22H34N4O9S. The molecule has 4 amide bonds. The van der Waals surface area contributed by atoms with Crippen LogP contribution in [-0.4, -0.2) is 95.6 Å². The molecule has 0 radical (unpaired) electrons. The van der Waals surface area contributed by atoms with Gasteiger partial charge in [-0.25, -0.2) is 13.2 Å². The standard InChI is InChI=1S/C22H34N4O9S/c1-6-21(32)11-22(21,18(30)25-36(33,34)13-7-8-13)24-16(28)14-9-12(27)10-26(14)17(29)15(20(2,3)4)23-19(31)35-5/h6,12-15,27,32H,1,7-11H2,2-5H3,(H,23,31)(H,24,28)(H,25,30)/t12-,14+,15-,21?,22+/m1/s1. The number of hydrogen-bond acceptors (Lipinski definition) is 9.